The van der Waals surface area contributed by atoms with Crippen LogP contribution in [0.3, 0.4) is 0 Å². The van der Waals surface area contributed by atoms with E-state index in [0.717, 1.165) is 46.5 Å². The van der Waals surface area contributed by atoms with E-state index in [1.807, 2.05) is 54.6 Å². The molecule has 2 heterocycles. The summed E-state index contributed by atoms with van der Waals surface area (Å²) in [4.78, 5) is 32.4. The van der Waals surface area contributed by atoms with Gasteiger partial charge in [-0.15, -0.1) is 0 Å². The number of carbonyl (C=O) groups excluding carboxylic acids is 2. The Morgan fingerprint density at radius 1 is 0.968 bits per heavy atom. The van der Waals surface area contributed by atoms with Gasteiger partial charge in [-0.25, -0.2) is 0 Å². The van der Waals surface area contributed by atoms with Gasteiger partial charge in [-0.1, -0.05) is 30.3 Å². The highest BCUT2D eigenvalue weighted by Gasteiger charge is 2.26. The van der Waals surface area contributed by atoms with Crippen LogP contribution in [0.15, 0.2) is 66.4 Å². The van der Waals surface area contributed by atoms with Crippen LogP contribution >= 0.6 is 0 Å². The van der Waals surface area contributed by atoms with E-state index in [1.54, 1.807) is 6.20 Å². The van der Waals surface area contributed by atoms with Gasteiger partial charge >= 0.3 is 0 Å². The molecule has 5 nitrogen and oxygen atoms in total. The Labute approximate surface area is 181 Å². The molecule has 3 aromatic rings. The van der Waals surface area contributed by atoms with E-state index >= 15 is 0 Å². The van der Waals surface area contributed by atoms with Crippen LogP contribution in [0, 0.1) is 0 Å². The third kappa shape index (κ3) is 3.83. The van der Waals surface area contributed by atoms with E-state index in [1.165, 1.54) is 12.8 Å². The molecule has 5 heteroatoms. The highest BCUT2D eigenvalue weighted by molar-refractivity contribution is 6.13. The number of carbonyl (C=O) groups is 2. The summed E-state index contributed by atoms with van der Waals surface area (Å²) in [6.45, 7) is 2.08. The van der Waals surface area contributed by atoms with E-state index in [4.69, 9.17) is 0 Å². The van der Waals surface area contributed by atoms with Gasteiger partial charge < -0.3 is 10.2 Å². The number of pyridine rings is 1. The summed E-state index contributed by atoms with van der Waals surface area (Å²) in [5.41, 5.74) is 5.43. The first-order valence-electron chi connectivity index (χ1n) is 10.9. The summed E-state index contributed by atoms with van der Waals surface area (Å²) >= 11 is 0. The molecule has 1 fully saturated rings. The molecule has 0 atom stereocenters. The number of anilines is 2. The Balaban J connectivity index is 1.42. The molecule has 0 spiro atoms. The SMILES string of the molecule is O=C(CC1=C(c2ccccc2)CCC1=O)Nc1ccc(N2CCCC2)c2ncccc12. The maximum atomic E-state index is 12.9. The molecule has 2 aliphatic rings. The van der Waals surface area contributed by atoms with Crippen molar-refractivity contribution >= 4 is 39.5 Å². The predicted molar refractivity (Wildman–Crippen MR) is 124 cm³/mol. The summed E-state index contributed by atoms with van der Waals surface area (Å²) in [6.07, 6.45) is 5.45. The third-order valence-corrected chi connectivity index (χ3v) is 6.23. The average Bonchev–Trinajstić information content (AvgIpc) is 3.45. The third-order valence-electron chi connectivity index (χ3n) is 6.23. The number of allylic oxidation sites excluding steroid dienone is 1. The maximum absolute atomic E-state index is 12.9. The van der Waals surface area contributed by atoms with E-state index in [0.29, 0.717) is 18.4 Å². The summed E-state index contributed by atoms with van der Waals surface area (Å²) in [5, 5.41) is 3.96. The smallest absolute Gasteiger partial charge is 0.228 e. The van der Waals surface area contributed by atoms with E-state index in [9.17, 15) is 9.59 Å². The van der Waals surface area contributed by atoms with Gasteiger partial charge in [0.1, 0.15) is 0 Å². The number of fused-ring (bicyclic) bond motifs is 1. The van der Waals surface area contributed by atoms with Crippen LogP contribution in [-0.4, -0.2) is 29.8 Å². The average molecular weight is 412 g/mol. The zero-order valence-electron chi connectivity index (χ0n) is 17.4. The molecule has 2 aromatic carbocycles. The Hall–Kier alpha value is -3.47. The Bertz CT molecular complexity index is 1180. The highest BCUT2D eigenvalue weighted by atomic mass is 16.2. The molecule has 156 valence electrons. The van der Waals surface area contributed by atoms with E-state index < -0.39 is 0 Å². The molecule has 0 radical (unpaired) electrons. The molecule has 5 rings (SSSR count). The normalized spacial score (nSPS) is 16.4. The van der Waals surface area contributed by atoms with Crippen LogP contribution in [0.4, 0.5) is 11.4 Å². The molecule has 0 saturated carbocycles. The second-order valence-electron chi connectivity index (χ2n) is 8.20. The lowest BCUT2D eigenvalue weighted by atomic mass is 10.00. The van der Waals surface area contributed by atoms with Crippen LogP contribution in [0.25, 0.3) is 16.5 Å². The number of aromatic nitrogens is 1. The molecule has 1 saturated heterocycles. The monoisotopic (exact) mass is 411 g/mol. The number of ketones is 1. The number of Topliss-reactive ketones (excluding diaryl/α,β-unsaturated/α-hetero) is 1. The van der Waals surface area contributed by atoms with Gasteiger partial charge in [-0.05, 0) is 54.7 Å². The minimum absolute atomic E-state index is 0.0740. The zero-order valence-corrected chi connectivity index (χ0v) is 17.4. The van der Waals surface area contributed by atoms with Crippen LogP contribution in [0.2, 0.25) is 0 Å². The van der Waals surface area contributed by atoms with Crippen molar-refractivity contribution < 1.29 is 9.59 Å². The van der Waals surface area contributed by atoms with Crippen molar-refractivity contribution in [3.63, 3.8) is 0 Å². The fourth-order valence-electron chi connectivity index (χ4n) is 4.71. The van der Waals surface area contributed by atoms with Crippen LogP contribution in [0.5, 0.6) is 0 Å². The first-order valence-corrected chi connectivity index (χ1v) is 10.9. The lowest BCUT2D eigenvalue weighted by molar-refractivity contribution is -0.119. The molecular formula is C26H25N3O2. The molecule has 1 N–H and O–H groups in total. The Morgan fingerprint density at radius 2 is 1.77 bits per heavy atom. The molecule has 1 aliphatic carbocycles. The molecular weight excluding hydrogens is 386 g/mol. The fourth-order valence-corrected chi connectivity index (χ4v) is 4.71. The molecule has 1 aromatic heterocycles. The summed E-state index contributed by atoms with van der Waals surface area (Å²) in [6, 6.07) is 17.8. The van der Waals surface area contributed by atoms with Crippen molar-refractivity contribution in [2.24, 2.45) is 0 Å². The highest BCUT2D eigenvalue weighted by Crippen LogP contribution is 2.35. The van der Waals surface area contributed by atoms with Crippen molar-refractivity contribution in [3.8, 4) is 0 Å². The number of hydrogen-bond donors (Lipinski definition) is 1. The largest absolute Gasteiger partial charge is 0.370 e. The number of amides is 1. The van der Waals surface area contributed by atoms with Gasteiger partial charge in [-0.3, -0.25) is 14.6 Å². The van der Waals surface area contributed by atoms with Gasteiger partial charge in [0.05, 0.1) is 23.3 Å². The van der Waals surface area contributed by atoms with E-state index in [2.05, 4.69) is 15.2 Å². The molecule has 0 bridgehead atoms. The summed E-state index contributed by atoms with van der Waals surface area (Å²) in [7, 11) is 0. The van der Waals surface area contributed by atoms with Gasteiger partial charge in [-0.2, -0.15) is 0 Å². The minimum atomic E-state index is -0.169. The fraction of sp³-hybridized carbons (Fsp3) is 0.269. The minimum Gasteiger partial charge on any atom is -0.370 e. The maximum Gasteiger partial charge on any atom is 0.228 e. The zero-order chi connectivity index (χ0) is 21.2. The molecule has 0 unspecified atom stereocenters. The first-order chi connectivity index (χ1) is 15.2. The Kier molecular flexibility index (Phi) is 5.24. The molecule has 1 amide bonds. The van der Waals surface area contributed by atoms with Crippen LogP contribution in [-0.2, 0) is 9.59 Å². The van der Waals surface area contributed by atoms with Crippen molar-refractivity contribution in [1.82, 2.24) is 4.98 Å². The summed E-state index contributed by atoms with van der Waals surface area (Å²) < 4.78 is 0. The van der Waals surface area contributed by atoms with Gasteiger partial charge in [0.25, 0.3) is 0 Å². The predicted octanol–water partition coefficient (Wildman–Crippen LogP) is 4.98. The topological polar surface area (TPSA) is 62.3 Å². The Morgan fingerprint density at radius 3 is 2.58 bits per heavy atom. The lowest BCUT2D eigenvalue weighted by Gasteiger charge is -2.20. The van der Waals surface area contributed by atoms with Crippen molar-refractivity contribution in [3.05, 3.63) is 71.9 Å². The van der Waals surface area contributed by atoms with Gasteiger partial charge in [0.2, 0.25) is 5.91 Å². The number of rotatable bonds is 5. The second kappa shape index (κ2) is 8.34. The van der Waals surface area contributed by atoms with Crippen LogP contribution in [0.1, 0.15) is 37.7 Å². The van der Waals surface area contributed by atoms with Crippen molar-refractivity contribution in [2.45, 2.75) is 32.1 Å². The number of nitrogens with one attached hydrogen (secondary N) is 1. The van der Waals surface area contributed by atoms with Crippen LogP contribution < -0.4 is 10.2 Å². The number of hydrogen-bond acceptors (Lipinski definition) is 4. The first kappa shape index (κ1) is 19.5. The lowest BCUT2D eigenvalue weighted by Crippen LogP contribution is -2.19. The standard InChI is InChI=1S/C26H25N3O2/c30-24-13-10-19(18-7-2-1-3-8-18)21(24)17-25(31)28-22-11-12-23(29-15-4-5-16-29)26-20(22)9-6-14-27-26/h1-3,6-9,11-12,14H,4-5,10,13,15-17H2,(H,28,31). The molecule has 1 aliphatic heterocycles. The van der Waals surface area contributed by atoms with Crippen molar-refractivity contribution in [2.75, 3.05) is 23.3 Å². The number of benzene rings is 2. The molecule has 31 heavy (non-hydrogen) atoms. The van der Waals surface area contributed by atoms with E-state index in [-0.39, 0.29) is 18.1 Å². The summed E-state index contributed by atoms with van der Waals surface area (Å²) in [5.74, 6) is -0.0948. The van der Waals surface area contributed by atoms with Gasteiger partial charge in [0.15, 0.2) is 5.78 Å². The second-order valence-corrected chi connectivity index (χ2v) is 8.20. The quantitative estimate of drug-likeness (QED) is 0.643. The van der Waals surface area contributed by atoms with Crippen molar-refractivity contribution in [1.29, 1.82) is 0 Å². The number of nitrogens with zero attached hydrogens (tertiary/aromatic N) is 2. The van der Waals surface area contributed by atoms with Gasteiger partial charge in [0, 0.05) is 36.7 Å².